The third kappa shape index (κ3) is 5.50. The van der Waals surface area contributed by atoms with Crippen LogP contribution in [0.15, 0.2) is 24.3 Å². The highest BCUT2D eigenvalue weighted by Crippen LogP contribution is 2.39. The number of hydrogen-bond donors (Lipinski definition) is 2. The minimum atomic E-state index is -4.59. The number of nitrogens with two attached hydrogens (primary N) is 1. The van der Waals surface area contributed by atoms with Gasteiger partial charge >= 0.3 is 6.18 Å². The molecule has 0 spiro atoms. The first-order chi connectivity index (χ1) is 16.5. The topological polar surface area (TPSA) is 104 Å². The fraction of sp³-hybridized carbons (Fsp3) is 0.458. The first-order valence-corrected chi connectivity index (χ1v) is 11.2. The molecule has 1 fully saturated rings. The molecule has 0 saturated carbocycles. The Morgan fingerprint density at radius 2 is 1.89 bits per heavy atom. The number of rotatable bonds is 7. The van der Waals surface area contributed by atoms with E-state index in [-0.39, 0.29) is 18.3 Å². The summed E-state index contributed by atoms with van der Waals surface area (Å²) in [4.78, 5) is 12.3. The summed E-state index contributed by atoms with van der Waals surface area (Å²) in [7, 11) is 1.55. The lowest BCUT2D eigenvalue weighted by molar-refractivity contribution is -0.141. The van der Waals surface area contributed by atoms with Gasteiger partial charge < -0.3 is 25.3 Å². The third-order valence-corrected chi connectivity index (χ3v) is 6.03. The second-order valence-corrected chi connectivity index (χ2v) is 9.04. The second-order valence-electron chi connectivity index (χ2n) is 9.04. The van der Waals surface area contributed by atoms with Crippen molar-refractivity contribution >= 4 is 22.5 Å². The number of methoxy groups -OCH3 is 1. The Bertz CT molecular complexity index is 1230. The summed E-state index contributed by atoms with van der Waals surface area (Å²) in [6, 6.07) is 5.90. The van der Waals surface area contributed by atoms with E-state index in [1.165, 1.54) is 6.07 Å². The van der Waals surface area contributed by atoms with Gasteiger partial charge in [0.05, 0.1) is 19.2 Å². The molecule has 2 aromatic heterocycles. The minimum Gasteiger partial charge on any atom is -0.493 e. The zero-order valence-electron chi connectivity index (χ0n) is 20.0. The summed E-state index contributed by atoms with van der Waals surface area (Å²) in [6.45, 7) is 7.11. The molecular weight excluding hydrogens is 463 g/mol. The average Bonchev–Trinajstić information content (AvgIpc) is 3.32. The van der Waals surface area contributed by atoms with Gasteiger partial charge in [-0.2, -0.15) is 13.2 Å². The van der Waals surface area contributed by atoms with E-state index < -0.39 is 17.5 Å². The van der Waals surface area contributed by atoms with Crippen molar-refractivity contribution in [2.75, 3.05) is 31.4 Å². The summed E-state index contributed by atoms with van der Waals surface area (Å²) in [6.07, 6.45) is -3.70. The molecule has 3 aromatic rings. The van der Waals surface area contributed by atoms with Crippen molar-refractivity contribution in [2.45, 2.75) is 45.5 Å². The van der Waals surface area contributed by atoms with E-state index in [1.807, 2.05) is 13.8 Å². The fourth-order valence-corrected chi connectivity index (χ4v) is 4.12. The van der Waals surface area contributed by atoms with Crippen LogP contribution in [0, 0.1) is 12.8 Å². The minimum absolute atomic E-state index is 0.0501. The van der Waals surface area contributed by atoms with E-state index in [2.05, 4.69) is 20.3 Å². The molecule has 1 saturated heterocycles. The highest BCUT2D eigenvalue weighted by atomic mass is 19.4. The smallest absolute Gasteiger partial charge is 0.433 e. The van der Waals surface area contributed by atoms with Crippen LogP contribution in [-0.2, 0) is 17.5 Å². The van der Waals surface area contributed by atoms with E-state index in [4.69, 9.17) is 19.9 Å². The molecule has 0 radical (unpaired) electrons. The van der Waals surface area contributed by atoms with E-state index in [0.29, 0.717) is 52.8 Å². The Morgan fingerprint density at radius 3 is 2.54 bits per heavy atom. The lowest BCUT2D eigenvalue weighted by Crippen LogP contribution is -2.38. The van der Waals surface area contributed by atoms with Crippen molar-refractivity contribution in [3.8, 4) is 11.5 Å². The summed E-state index contributed by atoms with van der Waals surface area (Å²) >= 11 is 0. The number of nitrogens with one attached hydrogen (secondary N) is 1. The Morgan fingerprint density at radius 1 is 1.11 bits per heavy atom. The number of nitrogen functional groups attached to an aromatic ring is 1. The van der Waals surface area contributed by atoms with Crippen molar-refractivity contribution in [1.82, 2.24) is 15.0 Å². The van der Waals surface area contributed by atoms with Gasteiger partial charge in [-0.25, -0.2) is 15.0 Å². The van der Waals surface area contributed by atoms with Gasteiger partial charge in [-0.15, -0.1) is 0 Å². The van der Waals surface area contributed by atoms with Crippen LogP contribution >= 0.6 is 0 Å². The van der Waals surface area contributed by atoms with Crippen LogP contribution in [0.4, 0.5) is 24.8 Å². The highest BCUT2D eigenvalue weighted by molar-refractivity contribution is 5.91. The number of nitrogens with zero attached hydrogens (tertiary/aromatic N) is 3. The van der Waals surface area contributed by atoms with Crippen LogP contribution in [0.2, 0.25) is 0 Å². The van der Waals surface area contributed by atoms with Crippen LogP contribution in [0.25, 0.3) is 10.9 Å². The van der Waals surface area contributed by atoms with E-state index in [9.17, 15) is 13.2 Å². The number of anilines is 2. The Balaban J connectivity index is 1.68. The van der Waals surface area contributed by atoms with Crippen molar-refractivity contribution in [3.05, 3.63) is 41.3 Å². The number of ether oxygens (including phenoxy) is 3. The zero-order valence-corrected chi connectivity index (χ0v) is 20.0. The molecular formula is C24H28F3N5O3. The number of pyridine rings is 1. The first kappa shape index (κ1) is 24.8. The molecule has 188 valence electrons. The van der Waals surface area contributed by atoms with E-state index >= 15 is 0 Å². The second kappa shape index (κ2) is 9.37. The van der Waals surface area contributed by atoms with E-state index in [0.717, 1.165) is 12.5 Å². The van der Waals surface area contributed by atoms with Crippen LogP contribution in [0.5, 0.6) is 11.5 Å². The van der Waals surface area contributed by atoms with Crippen LogP contribution < -0.4 is 20.5 Å². The monoisotopic (exact) mass is 491 g/mol. The van der Waals surface area contributed by atoms with Gasteiger partial charge in [0.1, 0.15) is 28.8 Å². The Kier molecular flexibility index (Phi) is 6.63. The molecule has 0 bridgehead atoms. The normalized spacial score (nSPS) is 16.5. The molecule has 0 aliphatic carbocycles. The summed E-state index contributed by atoms with van der Waals surface area (Å²) < 4.78 is 56.9. The van der Waals surface area contributed by atoms with Crippen LogP contribution in [0.1, 0.15) is 37.4 Å². The molecule has 1 aromatic carbocycles. The Hall–Kier alpha value is -3.34. The summed E-state index contributed by atoms with van der Waals surface area (Å²) in [5.41, 5.74) is 4.97. The van der Waals surface area contributed by atoms with Gasteiger partial charge in [-0.3, -0.25) is 0 Å². The lowest BCUT2D eigenvalue weighted by Gasteiger charge is -2.32. The molecule has 8 nitrogen and oxygen atoms in total. The zero-order chi connectivity index (χ0) is 25.4. The molecule has 1 aliphatic rings. The molecule has 35 heavy (non-hydrogen) atoms. The summed E-state index contributed by atoms with van der Waals surface area (Å²) in [5, 5.41) is 3.76. The van der Waals surface area contributed by atoms with Gasteiger partial charge in [0, 0.05) is 30.5 Å². The number of aryl methyl sites for hydroxylation is 1. The molecule has 1 atom stereocenters. The maximum absolute atomic E-state index is 13.1. The number of alkyl halides is 3. The number of hydrogen-bond acceptors (Lipinski definition) is 8. The standard InChI is InChI=1S/C24H28F3N5O3/c1-13-30-17-10-18(33-4)19(35-23(2,3)15-5-6-34-12-15)9-16(17)22(31-13)29-11-14-7-20(24(25,26)27)32-21(28)8-14/h7-10,15H,5-6,11-12H2,1-4H3,(H2,28,32)(H,29,30,31). The molecule has 1 unspecified atom stereocenters. The predicted molar refractivity (Wildman–Crippen MR) is 125 cm³/mol. The number of fused-ring (bicyclic) bond motifs is 1. The van der Waals surface area contributed by atoms with Crippen LogP contribution in [-0.4, -0.2) is 40.9 Å². The number of benzene rings is 1. The largest absolute Gasteiger partial charge is 0.493 e. The lowest BCUT2D eigenvalue weighted by atomic mass is 9.90. The summed E-state index contributed by atoms with van der Waals surface area (Å²) in [5.74, 6) is 1.98. The molecule has 4 rings (SSSR count). The third-order valence-electron chi connectivity index (χ3n) is 6.03. The SMILES string of the molecule is COc1cc2nc(C)nc(NCc3cc(N)nc(C(F)(F)F)c3)c2cc1OC(C)(C)C1CCOC1. The number of aromatic nitrogens is 3. The van der Waals surface area contributed by atoms with Gasteiger partial charge in [0.2, 0.25) is 0 Å². The average molecular weight is 492 g/mol. The maximum atomic E-state index is 13.1. The van der Waals surface area contributed by atoms with Crippen molar-refractivity contribution in [1.29, 1.82) is 0 Å². The maximum Gasteiger partial charge on any atom is 0.433 e. The van der Waals surface area contributed by atoms with Gasteiger partial charge in [0.15, 0.2) is 11.5 Å². The highest BCUT2D eigenvalue weighted by Gasteiger charge is 2.36. The fourth-order valence-electron chi connectivity index (χ4n) is 4.12. The van der Waals surface area contributed by atoms with E-state index in [1.54, 1.807) is 26.2 Å². The molecule has 3 N–H and O–H groups in total. The van der Waals surface area contributed by atoms with Crippen molar-refractivity contribution in [2.24, 2.45) is 5.92 Å². The molecule has 0 amide bonds. The molecule has 3 heterocycles. The Labute approximate surface area is 201 Å². The molecule has 11 heteroatoms. The van der Waals surface area contributed by atoms with Crippen LogP contribution in [0.3, 0.4) is 0 Å². The van der Waals surface area contributed by atoms with Crippen molar-refractivity contribution in [3.63, 3.8) is 0 Å². The van der Waals surface area contributed by atoms with Gasteiger partial charge in [-0.1, -0.05) is 0 Å². The van der Waals surface area contributed by atoms with Gasteiger partial charge in [0.25, 0.3) is 0 Å². The number of halogens is 3. The van der Waals surface area contributed by atoms with Crippen molar-refractivity contribution < 1.29 is 27.4 Å². The first-order valence-electron chi connectivity index (χ1n) is 11.2. The molecule has 1 aliphatic heterocycles. The quantitative estimate of drug-likeness (QED) is 0.488. The predicted octanol–water partition coefficient (Wildman–Crippen LogP) is 4.75. The van der Waals surface area contributed by atoms with Gasteiger partial charge in [-0.05, 0) is 51.0 Å².